The zero-order valence-corrected chi connectivity index (χ0v) is 9.16. The third kappa shape index (κ3) is 4.02. The third-order valence-electron chi connectivity index (χ3n) is 2.07. The molecule has 3 nitrogen and oxygen atoms in total. The van der Waals surface area contributed by atoms with Crippen LogP contribution in [0, 0.1) is 0 Å². The number of para-hydroxylation sites is 1. The Morgan fingerprint density at radius 3 is 2.67 bits per heavy atom. The summed E-state index contributed by atoms with van der Waals surface area (Å²) in [6.07, 6.45) is 0.752. The molecule has 1 aromatic carbocycles. The quantitative estimate of drug-likeness (QED) is 0.780. The minimum absolute atomic E-state index is 0.177. The van der Waals surface area contributed by atoms with E-state index in [1.54, 1.807) is 0 Å². The van der Waals surface area contributed by atoms with Crippen molar-refractivity contribution in [1.29, 1.82) is 0 Å². The van der Waals surface area contributed by atoms with Crippen LogP contribution in [0.3, 0.4) is 0 Å². The maximum Gasteiger partial charge on any atom is 0.303 e. The summed E-state index contributed by atoms with van der Waals surface area (Å²) in [6.45, 7) is 4.13. The number of carboxylic acids is 1. The van der Waals surface area contributed by atoms with Gasteiger partial charge in [-0.2, -0.15) is 0 Å². The van der Waals surface area contributed by atoms with Gasteiger partial charge in [-0.05, 0) is 31.9 Å². The summed E-state index contributed by atoms with van der Waals surface area (Å²) in [5, 5.41) is 11.9. The SMILES string of the molecule is CC(C)Nc1ccccc1CCC(=O)O. The molecule has 0 saturated heterocycles. The minimum Gasteiger partial charge on any atom is -0.481 e. The summed E-state index contributed by atoms with van der Waals surface area (Å²) in [5.74, 6) is -0.755. The largest absolute Gasteiger partial charge is 0.481 e. The Balaban J connectivity index is 2.72. The summed E-state index contributed by atoms with van der Waals surface area (Å²) >= 11 is 0. The molecule has 0 aliphatic carbocycles. The normalized spacial score (nSPS) is 10.3. The average molecular weight is 207 g/mol. The lowest BCUT2D eigenvalue weighted by Crippen LogP contribution is -2.11. The average Bonchev–Trinajstić information content (AvgIpc) is 2.15. The number of aryl methyl sites for hydroxylation is 1. The second kappa shape index (κ2) is 5.39. The first-order valence-electron chi connectivity index (χ1n) is 5.16. The molecule has 0 heterocycles. The van der Waals surface area contributed by atoms with Gasteiger partial charge in [0.15, 0.2) is 0 Å². The predicted molar refractivity (Wildman–Crippen MR) is 61.2 cm³/mol. The molecule has 0 atom stereocenters. The molecule has 3 heteroatoms. The third-order valence-corrected chi connectivity index (χ3v) is 2.07. The first kappa shape index (κ1) is 11.6. The van der Waals surface area contributed by atoms with Crippen molar-refractivity contribution in [2.24, 2.45) is 0 Å². The van der Waals surface area contributed by atoms with Crippen LogP contribution in [0.5, 0.6) is 0 Å². The van der Waals surface area contributed by atoms with Gasteiger partial charge in [-0.25, -0.2) is 0 Å². The lowest BCUT2D eigenvalue weighted by Gasteiger charge is -2.14. The molecule has 1 rings (SSSR count). The molecule has 0 amide bonds. The van der Waals surface area contributed by atoms with Gasteiger partial charge in [-0.1, -0.05) is 18.2 Å². The van der Waals surface area contributed by atoms with Gasteiger partial charge >= 0.3 is 5.97 Å². The fraction of sp³-hybridized carbons (Fsp3) is 0.417. The van der Waals surface area contributed by atoms with E-state index in [2.05, 4.69) is 19.2 Å². The molecule has 0 fully saturated rings. The van der Waals surface area contributed by atoms with Crippen molar-refractivity contribution < 1.29 is 9.90 Å². The summed E-state index contributed by atoms with van der Waals surface area (Å²) in [7, 11) is 0. The van der Waals surface area contributed by atoms with E-state index in [-0.39, 0.29) is 6.42 Å². The highest BCUT2D eigenvalue weighted by Crippen LogP contribution is 2.17. The van der Waals surface area contributed by atoms with E-state index < -0.39 is 5.97 Å². The van der Waals surface area contributed by atoms with Gasteiger partial charge in [0.25, 0.3) is 0 Å². The maximum atomic E-state index is 10.5. The fourth-order valence-electron chi connectivity index (χ4n) is 1.43. The van der Waals surface area contributed by atoms with Crippen molar-refractivity contribution in [3.63, 3.8) is 0 Å². The highest BCUT2D eigenvalue weighted by Gasteiger charge is 2.04. The lowest BCUT2D eigenvalue weighted by molar-refractivity contribution is -0.136. The maximum absolute atomic E-state index is 10.5. The van der Waals surface area contributed by atoms with Crippen LogP contribution in [0.2, 0.25) is 0 Å². The molecule has 0 aromatic heterocycles. The number of rotatable bonds is 5. The van der Waals surface area contributed by atoms with Crippen LogP contribution in [0.15, 0.2) is 24.3 Å². The first-order chi connectivity index (χ1) is 7.09. The zero-order valence-electron chi connectivity index (χ0n) is 9.16. The van der Waals surface area contributed by atoms with E-state index in [1.165, 1.54) is 0 Å². The summed E-state index contributed by atoms with van der Waals surface area (Å²) < 4.78 is 0. The molecule has 82 valence electrons. The number of carboxylic acid groups (broad SMARTS) is 1. The van der Waals surface area contributed by atoms with Gasteiger partial charge in [-0.15, -0.1) is 0 Å². The van der Waals surface area contributed by atoms with Crippen molar-refractivity contribution in [2.75, 3.05) is 5.32 Å². The van der Waals surface area contributed by atoms with Gasteiger partial charge in [0.2, 0.25) is 0 Å². The molecule has 15 heavy (non-hydrogen) atoms. The molecule has 1 aromatic rings. The summed E-state index contributed by atoms with van der Waals surface area (Å²) in [4.78, 5) is 10.5. The Morgan fingerprint density at radius 1 is 1.40 bits per heavy atom. The Morgan fingerprint density at radius 2 is 2.07 bits per heavy atom. The van der Waals surface area contributed by atoms with Gasteiger partial charge in [0.05, 0.1) is 0 Å². The van der Waals surface area contributed by atoms with E-state index in [0.717, 1.165) is 11.3 Å². The van der Waals surface area contributed by atoms with Crippen LogP contribution < -0.4 is 5.32 Å². The number of carbonyl (C=O) groups is 1. The Bertz CT molecular complexity index is 334. The second-order valence-electron chi connectivity index (χ2n) is 3.85. The van der Waals surface area contributed by atoms with Crippen LogP contribution in [-0.2, 0) is 11.2 Å². The lowest BCUT2D eigenvalue weighted by atomic mass is 10.1. The second-order valence-corrected chi connectivity index (χ2v) is 3.85. The number of aliphatic carboxylic acids is 1. The smallest absolute Gasteiger partial charge is 0.303 e. The number of nitrogens with one attached hydrogen (secondary N) is 1. The van der Waals surface area contributed by atoms with Crippen molar-refractivity contribution in [3.05, 3.63) is 29.8 Å². The zero-order chi connectivity index (χ0) is 11.3. The van der Waals surface area contributed by atoms with Gasteiger partial charge in [0, 0.05) is 18.2 Å². The molecular formula is C12H17NO2. The molecular weight excluding hydrogens is 190 g/mol. The number of hydrogen-bond donors (Lipinski definition) is 2. The van der Waals surface area contributed by atoms with E-state index in [1.807, 2.05) is 24.3 Å². The molecule has 0 saturated carbocycles. The first-order valence-corrected chi connectivity index (χ1v) is 5.16. The predicted octanol–water partition coefficient (Wildman–Crippen LogP) is 2.52. The van der Waals surface area contributed by atoms with E-state index in [9.17, 15) is 4.79 Å². The van der Waals surface area contributed by atoms with Crippen molar-refractivity contribution in [2.45, 2.75) is 32.7 Å². The summed E-state index contributed by atoms with van der Waals surface area (Å²) in [6, 6.07) is 8.19. The minimum atomic E-state index is -0.755. The topological polar surface area (TPSA) is 49.3 Å². The molecule has 0 spiro atoms. The highest BCUT2D eigenvalue weighted by atomic mass is 16.4. The number of benzene rings is 1. The van der Waals surface area contributed by atoms with Crippen LogP contribution in [-0.4, -0.2) is 17.1 Å². The van der Waals surface area contributed by atoms with Crippen LogP contribution in [0.4, 0.5) is 5.69 Å². The van der Waals surface area contributed by atoms with Crippen molar-refractivity contribution in [3.8, 4) is 0 Å². The molecule has 0 unspecified atom stereocenters. The Hall–Kier alpha value is -1.51. The molecule has 0 aliphatic heterocycles. The highest BCUT2D eigenvalue weighted by molar-refractivity contribution is 5.67. The van der Waals surface area contributed by atoms with E-state index in [0.29, 0.717) is 12.5 Å². The standard InChI is InChI=1S/C12H17NO2/c1-9(2)13-11-6-4-3-5-10(11)7-8-12(14)15/h3-6,9,13H,7-8H2,1-2H3,(H,14,15). The van der Waals surface area contributed by atoms with Crippen molar-refractivity contribution >= 4 is 11.7 Å². The van der Waals surface area contributed by atoms with Gasteiger partial charge < -0.3 is 10.4 Å². The van der Waals surface area contributed by atoms with Crippen molar-refractivity contribution in [1.82, 2.24) is 0 Å². The number of hydrogen-bond acceptors (Lipinski definition) is 2. The Labute approximate surface area is 90.1 Å². The van der Waals surface area contributed by atoms with E-state index >= 15 is 0 Å². The fourth-order valence-corrected chi connectivity index (χ4v) is 1.43. The van der Waals surface area contributed by atoms with Crippen LogP contribution in [0.1, 0.15) is 25.8 Å². The van der Waals surface area contributed by atoms with E-state index in [4.69, 9.17) is 5.11 Å². The monoisotopic (exact) mass is 207 g/mol. The number of anilines is 1. The molecule has 0 radical (unpaired) electrons. The molecule has 2 N–H and O–H groups in total. The Kier molecular flexibility index (Phi) is 4.16. The van der Waals surface area contributed by atoms with Gasteiger partial charge in [0.1, 0.15) is 0 Å². The van der Waals surface area contributed by atoms with Gasteiger partial charge in [-0.3, -0.25) is 4.79 Å². The van der Waals surface area contributed by atoms with Crippen LogP contribution in [0.25, 0.3) is 0 Å². The molecule has 0 bridgehead atoms. The molecule has 0 aliphatic rings. The van der Waals surface area contributed by atoms with Crippen LogP contribution >= 0.6 is 0 Å². The summed E-state index contributed by atoms with van der Waals surface area (Å²) in [5.41, 5.74) is 2.10.